The molecule has 5 N–H and O–H groups in total. The van der Waals surface area contributed by atoms with Crippen LogP contribution < -0.4 is 16.4 Å². The van der Waals surface area contributed by atoms with Gasteiger partial charge in [-0.1, -0.05) is 0 Å². The summed E-state index contributed by atoms with van der Waals surface area (Å²) in [4.78, 5) is 43.6. The Morgan fingerprint density at radius 1 is 1.25 bits per heavy atom. The minimum Gasteiger partial charge on any atom is -0.480 e. The Balaban J connectivity index is 4.21. The molecule has 2 amide bonds. The summed E-state index contributed by atoms with van der Waals surface area (Å²) in [6.07, 6.45) is -0.259. The van der Waals surface area contributed by atoms with Gasteiger partial charge in [0.2, 0.25) is 5.91 Å². The Morgan fingerprint density at radius 2 is 1.85 bits per heavy atom. The molecule has 2 unspecified atom stereocenters. The zero-order chi connectivity index (χ0) is 15.7. The molecule has 20 heavy (non-hydrogen) atoms. The third kappa shape index (κ3) is 7.59. The lowest BCUT2D eigenvalue weighted by Crippen LogP contribution is -2.46. The zero-order valence-electron chi connectivity index (χ0n) is 10.5. The summed E-state index contributed by atoms with van der Waals surface area (Å²) in [6, 6.07) is -2.21. The maximum Gasteiger partial charge on any atom is 0.325 e. The van der Waals surface area contributed by atoms with E-state index in [1.54, 1.807) is 0 Å². The standard InChI is InChI=1S/C10H16N3O6S/c11-5(10(18)19)1-2-7(14)13-6(4-20)9(17)12-3-8(15)16/h5-6,20H,1-4,11H2,(H,13,14)(H,15,16)(H,18,19). The van der Waals surface area contributed by atoms with Crippen molar-refractivity contribution in [2.75, 3.05) is 12.3 Å². The average molecular weight is 306 g/mol. The van der Waals surface area contributed by atoms with Crippen LogP contribution in [-0.4, -0.2) is 58.3 Å². The fourth-order valence-electron chi connectivity index (χ4n) is 1.12. The molecule has 0 saturated carbocycles. The van der Waals surface area contributed by atoms with Gasteiger partial charge in [-0.2, -0.15) is 12.6 Å². The Morgan fingerprint density at radius 3 is 2.30 bits per heavy atom. The highest BCUT2D eigenvalue weighted by atomic mass is 32.1. The van der Waals surface area contributed by atoms with Gasteiger partial charge in [-0.15, -0.1) is 0 Å². The highest BCUT2D eigenvalue weighted by Gasteiger charge is 2.21. The molecule has 0 heterocycles. The molecule has 9 nitrogen and oxygen atoms in total. The van der Waals surface area contributed by atoms with Crippen molar-refractivity contribution in [1.82, 2.24) is 10.6 Å². The van der Waals surface area contributed by atoms with Crippen LogP contribution >= 0.6 is 12.6 Å². The van der Waals surface area contributed by atoms with Crippen molar-refractivity contribution in [3.8, 4) is 0 Å². The first-order valence-electron chi connectivity index (χ1n) is 5.59. The van der Waals surface area contributed by atoms with Crippen molar-refractivity contribution in [3.05, 3.63) is 0 Å². The Bertz CT molecular complexity index is 389. The third-order valence-electron chi connectivity index (χ3n) is 2.19. The Labute approximate surface area is 120 Å². The van der Waals surface area contributed by atoms with Gasteiger partial charge in [0.15, 0.2) is 0 Å². The van der Waals surface area contributed by atoms with Crippen molar-refractivity contribution >= 4 is 36.4 Å². The maximum absolute atomic E-state index is 11.5. The minimum absolute atomic E-state index is 0.0569. The number of nitrogens with two attached hydrogens (primary N) is 1. The molecule has 0 bridgehead atoms. The molecule has 0 aliphatic heterocycles. The molecular weight excluding hydrogens is 290 g/mol. The van der Waals surface area contributed by atoms with Crippen LogP contribution in [0, 0.1) is 0 Å². The van der Waals surface area contributed by atoms with Crippen LogP contribution in [0.5, 0.6) is 0 Å². The number of hydrogen-bond acceptors (Lipinski definition) is 6. The fraction of sp³-hybridized carbons (Fsp3) is 0.600. The number of amides is 2. The number of carbonyl (C=O) groups excluding carboxylic acids is 2. The first-order valence-corrected chi connectivity index (χ1v) is 6.23. The van der Waals surface area contributed by atoms with Crippen molar-refractivity contribution < 1.29 is 29.4 Å². The van der Waals surface area contributed by atoms with Gasteiger partial charge in [0.05, 0.1) is 0 Å². The van der Waals surface area contributed by atoms with E-state index < -0.39 is 42.4 Å². The minimum atomic E-state index is -1.27. The molecule has 0 aliphatic carbocycles. The number of aliphatic carboxylic acids is 2. The normalized spacial score (nSPS) is 13.1. The molecule has 0 aromatic heterocycles. The fourth-order valence-corrected chi connectivity index (χ4v) is 1.37. The second-order valence-electron chi connectivity index (χ2n) is 3.83. The molecule has 10 heteroatoms. The third-order valence-corrected chi connectivity index (χ3v) is 2.55. The molecule has 113 valence electrons. The molecule has 0 saturated heterocycles. The SMILES string of the molecule is NC(CCC(=O)NC(CS)C(=O)[N]CC(=O)O)C(=O)O. The van der Waals surface area contributed by atoms with E-state index in [0.29, 0.717) is 0 Å². The van der Waals surface area contributed by atoms with Crippen LogP contribution in [0.15, 0.2) is 0 Å². The average Bonchev–Trinajstić information content (AvgIpc) is 2.38. The second kappa shape index (κ2) is 9.15. The number of thiol groups is 1. The molecule has 0 aromatic carbocycles. The van der Waals surface area contributed by atoms with E-state index in [1.165, 1.54) is 0 Å². The van der Waals surface area contributed by atoms with Crippen molar-refractivity contribution in [3.63, 3.8) is 0 Å². The lowest BCUT2D eigenvalue weighted by Gasteiger charge is -2.15. The summed E-state index contributed by atoms with van der Waals surface area (Å²) in [5.74, 6) is -3.94. The summed E-state index contributed by atoms with van der Waals surface area (Å²) >= 11 is 3.85. The van der Waals surface area contributed by atoms with Crippen molar-refractivity contribution in [1.29, 1.82) is 0 Å². The van der Waals surface area contributed by atoms with Crippen LogP contribution in [0.25, 0.3) is 0 Å². The van der Waals surface area contributed by atoms with Crippen LogP contribution in [0.1, 0.15) is 12.8 Å². The lowest BCUT2D eigenvalue weighted by atomic mass is 10.1. The van der Waals surface area contributed by atoms with E-state index in [4.69, 9.17) is 15.9 Å². The van der Waals surface area contributed by atoms with Gasteiger partial charge in [0.1, 0.15) is 18.6 Å². The van der Waals surface area contributed by atoms with Gasteiger partial charge in [-0.25, -0.2) is 5.32 Å². The molecule has 0 aromatic rings. The van der Waals surface area contributed by atoms with E-state index in [1.807, 2.05) is 0 Å². The topological polar surface area (TPSA) is 161 Å². The van der Waals surface area contributed by atoms with Crippen LogP contribution in [-0.2, 0) is 19.2 Å². The number of carboxylic acid groups (broad SMARTS) is 2. The second-order valence-corrected chi connectivity index (χ2v) is 4.20. The molecule has 0 spiro atoms. The largest absolute Gasteiger partial charge is 0.480 e. The van der Waals surface area contributed by atoms with Crippen LogP contribution in [0.3, 0.4) is 0 Å². The smallest absolute Gasteiger partial charge is 0.325 e. The number of hydrogen-bond donors (Lipinski definition) is 5. The van der Waals surface area contributed by atoms with Gasteiger partial charge in [0, 0.05) is 12.2 Å². The number of nitrogens with one attached hydrogen (secondary N) is 1. The highest BCUT2D eigenvalue weighted by Crippen LogP contribution is 1.97. The molecule has 0 fully saturated rings. The number of carbonyl (C=O) groups is 4. The maximum atomic E-state index is 11.5. The van der Waals surface area contributed by atoms with E-state index in [0.717, 1.165) is 0 Å². The van der Waals surface area contributed by atoms with Crippen LogP contribution in [0.4, 0.5) is 0 Å². The first-order chi connectivity index (χ1) is 9.27. The quantitative estimate of drug-likeness (QED) is 0.302. The van der Waals surface area contributed by atoms with Crippen molar-refractivity contribution in [2.45, 2.75) is 24.9 Å². The number of rotatable bonds is 9. The molecule has 0 aliphatic rings. The summed E-state index contributed by atoms with van der Waals surface area (Å²) in [5, 5.41) is 22.4. The number of nitrogens with zero attached hydrogens (tertiary/aromatic N) is 1. The Kier molecular flexibility index (Phi) is 8.32. The predicted octanol–water partition coefficient (Wildman–Crippen LogP) is -2.19. The van der Waals surface area contributed by atoms with Crippen LogP contribution in [0.2, 0.25) is 0 Å². The molecule has 1 radical (unpaired) electrons. The van der Waals surface area contributed by atoms with Gasteiger partial charge in [-0.05, 0) is 6.42 Å². The number of carboxylic acids is 2. The molecule has 0 rings (SSSR count). The van der Waals surface area contributed by atoms with E-state index in [-0.39, 0.29) is 18.6 Å². The van der Waals surface area contributed by atoms with E-state index in [2.05, 4.69) is 23.3 Å². The summed E-state index contributed by atoms with van der Waals surface area (Å²) in [5.41, 5.74) is 5.22. The highest BCUT2D eigenvalue weighted by molar-refractivity contribution is 7.80. The zero-order valence-corrected chi connectivity index (χ0v) is 11.4. The lowest BCUT2D eigenvalue weighted by molar-refractivity contribution is -0.139. The first kappa shape index (κ1) is 18.2. The summed E-state index contributed by atoms with van der Waals surface area (Å²) in [6.45, 7) is -0.692. The molecule has 2 atom stereocenters. The van der Waals surface area contributed by atoms with Gasteiger partial charge >= 0.3 is 11.9 Å². The van der Waals surface area contributed by atoms with E-state index in [9.17, 15) is 19.2 Å². The summed E-state index contributed by atoms with van der Waals surface area (Å²) < 4.78 is 0. The van der Waals surface area contributed by atoms with Gasteiger partial charge in [0.25, 0.3) is 5.91 Å². The van der Waals surface area contributed by atoms with Crippen molar-refractivity contribution in [2.24, 2.45) is 5.73 Å². The van der Waals surface area contributed by atoms with E-state index >= 15 is 0 Å². The van der Waals surface area contributed by atoms with Gasteiger partial charge in [-0.3, -0.25) is 19.2 Å². The predicted molar refractivity (Wildman–Crippen MR) is 70.3 cm³/mol. The monoisotopic (exact) mass is 306 g/mol. The molecular formula is C10H16N3O6S. The summed E-state index contributed by atoms with van der Waals surface area (Å²) in [7, 11) is 0. The van der Waals surface area contributed by atoms with Gasteiger partial charge < -0.3 is 21.3 Å². The Hall–Kier alpha value is -1.81.